The van der Waals surface area contributed by atoms with Gasteiger partial charge < -0.3 is 14.6 Å². The van der Waals surface area contributed by atoms with Gasteiger partial charge in [-0.05, 0) is 0 Å². The Labute approximate surface area is 111 Å². The average molecular weight is 328 g/mol. The van der Waals surface area contributed by atoms with Crippen LogP contribution in [0.25, 0.3) is 0 Å². The fraction of sp³-hybridized carbons (Fsp3) is 0.875. The zero-order valence-corrected chi connectivity index (χ0v) is 10.9. The third-order valence-corrected chi connectivity index (χ3v) is 4.05. The minimum absolute atomic E-state index is 0.175. The summed E-state index contributed by atoms with van der Waals surface area (Å²) in [5.41, 5.74) is 0. The average Bonchev–Trinajstić information content (AvgIpc) is 2.33. The van der Waals surface area contributed by atoms with E-state index in [2.05, 4.69) is 4.74 Å². The number of carboxylic acid groups (broad SMARTS) is 1. The number of likely N-dealkylation sites (N-methyl/N-ethyl adjacent to an activating group) is 1. The fourth-order valence-electron chi connectivity index (χ4n) is 0.931. The second kappa shape index (κ2) is 6.63. The zero-order valence-electron chi connectivity index (χ0n) is 10.1. The molecule has 0 fully saturated rings. The summed E-state index contributed by atoms with van der Waals surface area (Å²) in [5.74, 6) is -7.02. The van der Waals surface area contributed by atoms with Crippen LogP contribution in [0.5, 0.6) is 0 Å². The van der Waals surface area contributed by atoms with Crippen molar-refractivity contribution < 1.29 is 45.0 Å². The van der Waals surface area contributed by atoms with Gasteiger partial charge in [0.1, 0.15) is 0 Å². The number of nitrogens with zero attached hydrogens (tertiary/aromatic N) is 1. The summed E-state index contributed by atoms with van der Waals surface area (Å²) in [7, 11) is -5.30. The molecule has 6 nitrogen and oxygen atoms in total. The molecule has 0 aliphatic rings. The maximum Gasteiger partial charge on any atom is 0.423 e. The third-order valence-electron chi connectivity index (χ3n) is 2.10. The van der Waals surface area contributed by atoms with Crippen LogP contribution in [-0.2, 0) is 19.6 Å². The number of sulfonamides is 1. The molecule has 0 aromatic carbocycles. The normalized spacial score (nSPS) is 13.8. The minimum Gasteiger partial charge on any atom is -0.548 e. The number of hydrogen-bond donors (Lipinski definition) is 0. The maximum atomic E-state index is 13.1. The van der Waals surface area contributed by atoms with E-state index in [0.29, 0.717) is 7.05 Å². The quantitative estimate of drug-likeness (QED) is 0.409. The first kappa shape index (κ1) is 19.0. The standard InChI is InChI=1S/C8H12F5NO5S/c1-14(2-3-19-4-6(15)16)20(17,18)8(12,13)7(10,11)5-9/h2-5H2,1H3,(H,15,16)/p-1. The van der Waals surface area contributed by atoms with Crippen molar-refractivity contribution in [3.63, 3.8) is 0 Å². The van der Waals surface area contributed by atoms with Crippen LogP contribution in [0, 0.1) is 0 Å². The van der Waals surface area contributed by atoms with Crippen molar-refractivity contribution in [3.8, 4) is 0 Å². The van der Waals surface area contributed by atoms with Crippen LogP contribution in [0.1, 0.15) is 0 Å². The van der Waals surface area contributed by atoms with Gasteiger partial charge >= 0.3 is 11.2 Å². The molecule has 0 saturated heterocycles. The Bertz CT molecular complexity index is 441. The largest absolute Gasteiger partial charge is 0.548 e. The van der Waals surface area contributed by atoms with Crippen LogP contribution in [0.4, 0.5) is 22.0 Å². The van der Waals surface area contributed by atoms with E-state index in [4.69, 9.17) is 0 Å². The van der Waals surface area contributed by atoms with Gasteiger partial charge in [-0.25, -0.2) is 12.8 Å². The topological polar surface area (TPSA) is 86.7 Å². The molecule has 0 N–H and O–H groups in total. The molecule has 120 valence electrons. The van der Waals surface area contributed by atoms with E-state index >= 15 is 0 Å². The van der Waals surface area contributed by atoms with E-state index in [1.54, 1.807) is 0 Å². The molecule has 0 heterocycles. The molecule has 0 amide bonds. The number of carboxylic acids is 1. The molecule has 12 heteroatoms. The fourth-order valence-corrected chi connectivity index (χ4v) is 2.07. The highest BCUT2D eigenvalue weighted by Gasteiger charge is 2.67. The number of hydrogen-bond acceptors (Lipinski definition) is 5. The first-order valence-electron chi connectivity index (χ1n) is 4.95. The van der Waals surface area contributed by atoms with E-state index < -0.39 is 53.6 Å². The highest BCUT2D eigenvalue weighted by Crippen LogP contribution is 2.40. The number of halogens is 5. The third kappa shape index (κ3) is 3.99. The maximum absolute atomic E-state index is 13.1. The predicted octanol–water partition coefficient (Wildman–Crippen LogP) is -0.788. The van der Waals surface area contributed by atoms with Gasteiger partial charge in [-0.15, -0.1) is 0 Å². The molecule has 0 rings (SSSR count). The minimum atomic E-state index is -5.84. The van der Waals surface area contributed by atoms with Gasteiger partial charge in [-0.2, -0.15) is 21.9 Å². The molecule has 0 bridgehead atoms. The van der Waals surface area contributed by atoms with Gasteiger partial charge in [0.15, 0.2) is 6.67 Å². The number of carbonyl (C=O) groups is 1. The lowest BCUT2D eigenvalue weighted by molar-refractivity contribution is -0.309. The Kier molecular flexibility index (Phi) is 6.29. The summed E-state index contributed by atoms with van der Waals surface area (Å²) >= 11 is 0. The second-order valence-corrected chi connectivity index (χ2v) is 5.69. The molecule has 0 spiro atoms. The van der Waals surface area contributed by atoms with Gasteiger partial charge in [-0.3, -0.25) is 0 Å². The Balaban J connectivity index is 4.83. The highest BCUT2D eigenvalue weighted by molar-refractivity contribution is 7.90. The van der Waals surface area contributed by atoms with E-state index in [1.165, 1.54) is 0 Å². The molecule has 20 heavy (non-hydrogen) atoms. The van der Waals surface area contributed by atoms with E-state index in [-0.39, 0.29) is 4.31 Å². The van der Waals surface area contributed by atoms with Crippen molar-refractivity contribution in [2.75, 3.05) is 33.5 Å². The molecule has 0 aromatic rings. The highest BCUT2D eigenvalue weighted by atomic mass is 32.2. The lowest BCUT2D eigenvalue weighted by Gasteiger charge is -2.28. The molecule has 0 radical (unpaired) electrons. The van der Waals surface area contributed by atoms with Crippen molar-refractivity contribution in [2.45, 2.75) is 11.2 Å². The van der Waals surface area contributed by atoms with Gasteiger partial charge in [-0.1, -0.05) is 0 Å². The summed E-state index contributed by atoms with van der Waals surface area (Å²) in [6.07, 6.45) is 0. The van der Waals surface area contributed by atoms with E-state index in [1.807, 2.05) is 0 Å². The number of aliphatic carboxylic acids is 1. The number of alkyl halides is 5. The molecule has 0 saturated carbocycles. The van der Waals surface area contributed by atoms with Crippen molar-refractivity contribution in [1.82, 2.24) is 4.31 Å². The summed E-state index contributed by atoms with van der Waals surface area (Å²) < 4.78 is 89.9. The number of carbonyl (C=O) groups excluding carboxylic acids is 1. The summed E-state index contributed by atoms with van der Waals surface area (Å²) in [6.45, 7) is -5.26. The van der Waals surface area contributed by atoms with Crippen LogP contribution >= 0.6 is 0 Å². The Hall–Kier alpha value is -1.01. The van der Waals surface area contributed by atoms with Crippen molar-refractivity contribution in [1.29, 1.82) is 0 Å². The zero-order chi connectivity index (χ0) is 16.2. The van der Waals surface area contributed by atoms with Crippen LogP contribution < -0.4 is 5.11 Å². The Morgan fingerprint density at radius 2 is 1.80 bits per heavy atom. The van der Waals surface area contributed by atoms with Crippen molar-refractivity contribution >= 4 is 16.0 Å². The summed E-state index contributed by atoms with van der Waals surface area (Å²) in [6, 6.07) is 0. The molecule has 0 aliphatic heterocycles. The van der Waals surface area contributed by atoms with Crippen LogP contribution in [0.3, 0.4) is 0 Å². The predicted molar refractivity (Wildman–Crippen MR) is 53.2 cm³/mol. The second-order valence-electron chi connectivity index (χ2n) is 3.61. The lowest BCUT2D eigenvalue weighted by Crippen LogP contribution is -2.54. The molecular weight excluding hydrogens is 317 g/mol. The smallest absolute Gasteiger partial charge is 0.423 e. The first-order chi connectivity index (χ1) is 8.90. The number of rotatable bonds is 9. The van der Waals surface area contributed by atoms with Crippen LogP contribution in [0.15, 0.2) is 0 Å². The first-order valence-corrected chi connectivity index (χ1v) is 6.39. The van der Waals surface area contributed by atoms with Gasteiger partial charge in [0.25, 0.3) is 10.0 Å². The van der Waals surface area contributed by atoms with Gasteiger partial charge in [0, 0.05) is 13.6 Å². The monoisotopic (exact) mass is 328 g/mol. The lowest BCUT2D eigenvalue weighted by atomic mass is 10.4. The summed E-state index contributed by atoms with van der Waals surface area (Å²) in [4.78, 5) is 9.94. The SMILES string of the molecule is CN(CCOCC(=O)[O-])S(=O)(=O)C(F)(F)C(F)(F)CF. The van der Waals surface area contributed by atoms with Crippen molar-refractivity contribution in [2.24, 2.45) is 0 Å². The molecular formula is C8H11F5NO5S-. The Morgan fingerprint density at radius 3 is 2.20 bits per heavy atom. The van der Waals surface area contributed by atoms with E-state index in [0.717, 1.165) is 0 Å². The van der Waals surface area contributed by atoms with Gasteiger partial charge in [0.2, 0.25) is 0 Å². The van der Waals surface area contributed by atoms with Crippen LogP contribution in [-0.4, -0.2) is 63.4 Å². The van der Waals surface area contributed by atoms with Gasteiger partial charge in [0.05, 0.1) is 19.2 Å². The number of ether oxygens (including phenoxy) is 1. The molecule has 0 unspecified atom stereocenters. The molecule has 0 atom stereocenters. The molecule has 0 aliphatic carbocycles. The van der Waals surface area contributed by atoms with E-state index in [9.17, 15) is 40.3 Å². The summed E-state index contributed by atoms with van der Waals surface area (Å²) in [5, 5.41) is 4.30. The molecule has 0 aromatic heterocycles. The van der Waals surface area contributed by atoms with Crippen molar-refractivity contribution in [3.05, 3.63) is 0 Å². The van der Waals surface area contributed by atoms with Crippen LogP contribution in [0.2, 0.25) is 0 Å². The Morgan fingerprint density at radius 1 is 1.30 bits per heavy atom.